The number of hydrogen-bond acceptors (Lipinski definition) is 5. The Morgan fingerprint density at radius 3 is 2.30 bits per heavy atom. The van der Waals surface area contributed by atoms with Crippen LogP contribution in [-0.4, -0.2) is 24.2 Å². The largest absolute Gasteiger partial charge is 0.480 e. The molecule has 0 aliphatic rings. The molecule has 0 amide bonds. The maximum absolute atomic E-state index is 13.2. The molecule has 1 aromatic heterocycles. The topological polar surface area (TPSA) is 70.3 Å². The first-order chi connectivity index (χ1) is 9.55. The molecule has 7 heteroatoms. The molecule has 0 saturated heterocycles. The molecule has 2 N–H and O–H groups in total. The van der Waals surface area contributed by atoms with Gasteiger partial charge < -0.3 is 15.2 Å². The minimum atomic E-state index is -0.867. The van der Waals surface area contributed by atoms with Gasteiger partial charge in [0, 0.05) is 6.07 Å². The Kier molecular flexibility index (Phi) is 4.09. The van der Waals surface area contributed by atoms with Crippen LogP contribution in [0.3, 0.4) is 0 Å². The van der Waals surface area contributed by atoms with Gasteiger partial charge in [0.05, 0.1) is 26.5 Å². The molecule has 1 unspecified atom stereocenters. The fourth-order valence-electron chi connectivity index (χ4n) is 1.74. The summed E-state index contributed by atoms with van der Waals surface area (Å²) in [6, 6.07) is 2.18. The van der Waals surface area contributed by atoms with Gasteiger partial charge in [-0.2, -0.15) is 4.98 Å². The minimum absolute atomic E-state index is 0.140. The minimum Gasteiger partial charge on any atom is -0.480 e. The molecule has 5 nitrogen and oxygen atoms in total. The van der Waals surface area contributed by atoms with Gasteiger partial charge in [-0.3, -0.25) is 0 Å². The van der Waals surface area contributed by atoms with Crippen molar-refractivity contribution in [3.8, 4) is 11.8 Å². The molecule has 2 rings (SSSR count). The summed E-state index contributed by atoms with van der Waals surface area (Å²) < 4.78 is 36.4. The third-order valence-electron chi connectivity index (χ3n) is 2.69. The highest BCUT2D eigenvalue weighted by Gasteiger charge is 2.19. The van der Waals surface area contributed by atoms with Gasteiger partial charge in [0.1, 0.15) is 17.3 Å². The number of methoxy groups -OCH3 is 2. The summed E-state index contributed by atoms with van der Waals surface area (Å²) in [5.41, 5.74) is 6.46. The van der Waals surface area contributed by atoms with Gasteiger partial charge in [0.15, 0.2) is 0 Å². The summed E-state index contributed by atoms with van der Waals surface area (Å²) in [6.07, 6.45) is 1.35. The van der Waals surface area contributed by atoms with E-state index in [0.717, 1.165) is 18.2 Å². The number of ether oxygens (including phenoxy) is 2. The molecule has 0 aliphatic heterocycles. The molecule has 1 atom stereocenters. The van der Waals surface area contributed by atoms with E-state index >= 15 is 0 Å². The molecule has 0 bridgehead atoms. The molecule has 0 saturated carbocycles. The van der Waals surface area contributed by atoms with Gasteiger partial charge in [-0.15, -0.1) is 0 Å². The predicted octanol–water partition coefficient (Wildman–Crippen LogP) is 1.82. The molecule has 20 heavy (non-hydrogen) atoms. The Labute approximate surface area is 114 Å². The Bertz CT molecular complexity index is 602. The van der Waals surface area contributed by atoms with Crippen molar-refractivity contribution in [3.63, 3.8) is 0 Å². The van der Waals surface area contributed by atoms with Gasteiger partial charge in [-0.25, -0.2) is 13.8 Å². The van der Waals surface area contributed by atoms with Crippen molar-refractivity contribution in [1.29, 1.82) is 0 Å². The average Bonchev–Trinajstić information content (AvgIpc) is 2.44. The number of aromatic nitrogens is 2. The Balaban J connectivity index is 2.44. The lowest BCUT2D eigenvalue weighted by Crippen LogP contribution is -2.16. The van der Waals surface area contributed by atoms with Crippen LogP contribution >= 0.6 is 0 Å². The van der Waals surface area contributed by atoms with Gasteiger partial charge in [-0.1, -0.05) is 0 Å². The van der Waals surface area contributed by atoms with Crippen LogP contribution < -0.4 is 15.2 Å². The lowest BCUT2D eigenvalue weighted by atomic mass is 10.0. The molecule has 106 valence electrons. The van der Waals surface area contributed by atoms with E-state index in [1.165, 1.54) is 20.4 Å². The third-order valence-corrected chi connectivity index (χ3v) is 2.69. The molecule has 2 aromatic rings. The molecular weight excluding hydrogens is 268 g/mol. The van der Waals surface area contributed by atoms with Crippen molar-refractivity contribution in [2.24, 2.45) is 5.73 Å². The van der Waals surface area contributed by atoms with Crippen LogP contribution in [0.4, 0.5) is 8.78 Å². The van der Waals surface area contributed by atoms with Gasteiger partial charge in [-0.05, 0) is 17.7 Å². The van der Waals surface area contributed by atoms with Crippen molar-refractivity contribution < 1.29 is 18.3 Å². The third kappa shape index (κ3) is 2.83. The molecule has 1 aromatic carbocycles. The highest BCUT2D eigenvalue weighted by molar-refractivity contribution is 5.34. The quantitative estimate of drug-likeness (QED) is 0.925. The van der Waals surface area contributed by atoms with Crippen LogP contribution in [-0.2, 0) is 0 Å². The maximum atomic E-state index is 13.2. The molecule has 0 spiro atoms. The normalized spacial score (nSPS) is 12.1. The summed E-state index contributed by atoms with van der Waals surface area (Å²) in [6.45, 7) is 0. The van der Waals surface area contributed by atoms with E-state index in [1.807, 2.05) is 0 Å². The molecule has 0 radical (unpaired) electrons. The van der Waals surface area contributed by atoms with Crippen molar-refractivity contribution in [3.05, 3.63) is 47.3 Å². The number of rotatable bonds is 4. The number of nitrogens with zero attached hydrogens (tertiary/aromatic N) is 2. The summed E-state index contributed by atoms with van der Waals surface area (Å²) in [7, 11) is 2.83. The first-order valence-corrected chi connectivity index (χ1v) is 5.71. The van der Waals surface area contributed by atoms with Crippen LogP contribution in [0.5, 0.6) is 11.8 Å². The second kappa shape index (κ2) is 5.79. The predicted molar refractivity (Wildman–Crippen MR) is 67.5 cm³/mol. The van der Waals surface area contributed by atoms with Gasteiger partial charge in [0.25, 0.3) is 0 Å². The standard InChI is InChI=1S/C13H13F2N3O2/c1-19-10-6-17-12(13(18-10)20-2)11(16)7-3-8(14)5-9(15)4-7/h3-6,11H,16H2,1-2H3. The van der Waals surface area contributed by atoms with E-state index in [2.05, 4.69) is 9.97 Å². The number of hydrogen-bond donors (Lipinski definition) is 1. The first-order valence-electron chi connectivity index (χ1n) is 5.71. The summed E-state index contributed by atoms with van der Waals surface area (Å²) >= 11 is 0. The zero-order valence-corrected chi connectivity index (χ0v) is 10.9. The van der Waals surface area contributed by atoms with E-state index < -0.39 is 17.7 Å². The second-order valence-electron chi connectivity index (χ2n) is 3.99. The fraction of sp³-hybridized carbons (Fsp3) is 0.231. The summed E-state index contributed by atoms with van der Waals surface area (Å²) in [4.78, 5) is 8.10. The monoisotopic (exact) mass is 281 g/mol. The van der Waals surface area contributed by atoms with Crippen LogP contribution in [0.2, 0.25) is 0 Å². The zero-order chi connectivity index (χ0) is 14.7. The van der Waals surface area contributed by atoms with Gasteiger partial charge >= 0.3 is 0 Å². The Morgan fingerprint density at radius 2 is 1.75 bits per heavy atom. The van der Waals surface area contributed by atoms with Gasteiger partial charge in [0.2, 0.25) is 11.8 Å². The van der Waals surface area contributed by atoms with Crippen LogP contribution in [0.25, 0.3) is 0 Å². The van der Waals surface area contributed by atoms with E-state index in [4.69, 9.17) is 15.2 Å². The number of halogens is 2. The highest BCUT2D eigenvalue weighted by Crippen LogP contribution is 2.27. The lowest BCUT2D eigenvalue weighted by molar-refractivity contribution is 0.355. The molecule has 1 heterocycles. The first kappa shape index (κ1) is 14.1. The fourth-order valence-corrected chi connectivity index (χ4v) is 1.74. The Hall–Kier alpha value is -2.28. The summed E-state index contributed by atoms with van der Waals surface area (Å²) in [5, 5.41) is 0. The molecule has 0 aliphatic carbocycles. The van der Waals surface area contributed by atoms with E-state index in [1.54, 1.807) is 0 Å². The van der Waals surface area contributed by atoms with Crippen LogP contribution in [0.15, 0.2) is 24.4 Å². The zero-order valence-electron chi connectivity index (χ0n) is 10.9. The second-order valence-corrected chi connectivity index (χ2v) is 3.99. The van der Waals surface area contributed by atoms with Crippen LogP contribution in [0, 0.1) is 11.6 Å². The van der Waals surface area contributed by atoms with Crippen molar-refractivity contribution in [1.82, 2.24) is 9.97 Å². The molecular formula is C13H13F2N3O2. The average molecular weight is 281 g/mol. The van der Waals surface area contributed by atoms with E-state index in [0.29, 0.717) is 0 Å². The maximum Gasteiger partial charge on any atom is 0.240 e. The summed E-state index contributed by atoms with van der Waals surface area (Å²) in [5.74, 6) is -1.03. The molecule has 0 fully saturated rings. The van der Waals surface area contributed by atoms with Crippen LogP contribution in [0.1, 0.15) is 17.3 Å². The lowest BCUT2D eigenvalue weighted by Gasteiger charge is -2.15. The number of nitrogens with two attached hydrogens (primary N) is 1. The van der Waals surface area contributed by atoms with Crippen molar-refractivity contribution >= 4 is 0 Å². The van der Waals surface area contributed by atoms with E-state index in [-0.39, 0.29) is 23.0 Å². The van der Waals surface area contributed by atoms with Crippen molar-refractivity contribution in [2.45, 2.75) is 6.04 Å². The van der Waals surface area contributed by atoms with E-state index in [9.17, 15) is 8.78 Å². The Morgan fingerprint density at radius 1 is 1.10 bits per heavy atom. The smallest absolute Gasteiger partial charge is 0.240 e. The van der Waals surface area contributed by atoms with Crippen molar-refractivity contribution in [2.75, 3.05) is 14.2 Å². The SMILES string of the molecule is COc1cnc(C(N)c2cc(F)cc(F)c2)c(OC)n1. The number of benzene rings is 1. The highest BCUT2D eigenvalue weighted by atomic mass is 19.1.